The van der Waals surface area contributed by atoms with Crippen LogP contribution >= 0.6 is 11.6 Å². The highest BCUT2D eigenvalue weighted by atomic mass is 35.5. The lowest BCUT2D eigenvalue weighted by atomic mass is 10.0. The van der Waals surface area contributed by atoms with Gasteiger partial charge in [0.1, 0.15) is 0 Å². The van der Waals surface area contributed by atoms with Crippen LogP contribution in [0.5, 0.6) is 0 Å². The van der Waals surface area contributed by atoms with E-state index in [0.717, 1.165) is 25.2 Å². The highest BCUT2D eigenvalue weighted by Gasteiger charge is 2.28. The Morgan fingerprint density at radius 3 is 2.65 bits per heavy atom. The van der Waals surface area contributed by atoms with Crippen molar-refractivity contribution in [2.24, 2.45) is 0 Å². The van der Waals surface area contributed by atoms with E-state index in [1.165, 1.54) is 5.56 Å². The zero-order chi connectivity index (χ0) is 16.2. The molecule has 0 aliphatic carbocycles. The summed E-state index contributed by atoms with van der Waals surface area (Å²) in [4.78, 5) is 16.9. The lowest BCUT2D eigenvalue weighted by molar-refractivity contribution is -0.133. The maximum atomic E-state index is 12.6. The molecule has 0 aromatic heterocycles. The van der Waals surface area contributed by atoms with Crippen LogP contribution in [0.1, 0.15) is 17.2 Å². The van der Waals surface area contributed by atoms with Crippen LogP contribution in [0, 0.1) is 0 Å². The van der Waals surface area contributed by atoms with Crippen LogP contribution in [-0.4, -0.2) is 42.4 Å². The summed E-state index contributed by atoms with van der Waals surface area (Å²) in [6.45, 7) is 2.40. The van der Waals surface area contributed by atoms with E-state index < -0.39 is 0 Å². The van der Waals surface area contributed by atoms with Gasteiger partial charge in [-0.1, -0.05) is 54.1 Å². The number of benzene rings is 2. The molecule has 3 rings (SSSR count). The molecule has 2 aromatic carbocycles. The second kappa shape index (κ2) is 7.16. The van der Waals surface area contributed by atoms with Gasteiger partial charge in [0.2, 0.25) is 5.91 Å². The third kappa shape index (κ3) is 3.92. The van der Waals surface area contributed by atoms with E-state index in [2.05, 4.69) is 36.2 Å². The zero-order valence-electron chi connectivity index (χ0n) is 13.3. The molecule has 120 valence electrons. The maximum Gasteiger partial charge on any atom is 0.227 e. The molecule has 1 saturated heterocycles. The Morgan fingerprint density at radius 2 is 1.91 bits per heavy atom. The molecule has 0 saturated carbocycles. The zero-order valence-corrected chi connectivity index (χ0v) is 14.0. The van der Waals surface area contributed by atoms with E-state index in [4.69, 9.17) is 11.6 Å². The third-order valence-electron chi connectivity index (χ3n) is 4.43. The van der Waals surface area contributed by atoms with Crippen LogP contribution in [-0.2, 0) is 11.2 Å². The summed E-state index contributed by atoms with van der Waals surface area (Å²) in [5.74, 6) is 0.168. The van der Waals surface area contributed by atoms with E-state index >= 15 is 0 Å². The fourth-order valence-corrected chi connectivity index (χ4v) is 3.28. The minimum absolute atomic E-state index is 0.168. The first-order valence-electron chi connectivity index (χ1n) is 7.91. The molecule has 0 bridgehead atoms. The molecular weight excluding hydrogens is 308 g/mol. The predicted octanol–water partition coefficient (Wildman–Crippen LogP) is 3.40. The summed E-state index contributed by atoms with van der Waals surface area (Å²) in [5, 5.41) is 0.677. The maximum absolute atomic E-state index is 12.6. The van der Waals surface area contributed by atoms with Gasteiger partial charge in [0.15, 0.2) is 0 Å². The van der Waals surface area contributed by atoms with Crippen molar-refractivity contribution in [3.8, 4) is 0 Å². The smallest absolute Gasteiger partial charge is 0.227 e. The fraction of sp³-hybridized carbons (Fsp3) is 0.316. The number of nitrogens with zero attached hydrogens (tertiary/aromatic N) is 2. The third-order valence-corrected chi connectivity index (χ3v) is 4.66. The van der Waals surface area contributed by atoms with Crippen molar-refractivity contribution in [2.75, 3.05) is 26.7 Å². The summed E-state index contributed by atoms with van der Waals surface area (Å²) >= 11 is 6.00. The van der Waals surface area contributed by atoms with E-state index in [1.54, 1.807) is 0 Å². The number of rotatable bonds is 3. The summed E-state index contributed by atoms with van der Waals surface area (Å²) in [6.07, 6.45) is 0.409. The van der Waals surface area contributed by atoms with Gasteiger partial charge in [0, 0.05) is 24.7 Å². The van der Waals surface area contributed by atoms with Gasteiger partial charge < -0.3 is 4.90 Å². The normalized spacial score (nSPS) is 18.9. The first kappa shape index (κ1) is 16.0. The highest BCUT2D eigenvalue weighted by molar-refractivity contribution is 6.30. The SMILES string of the molecule is CN1CCN(C(=O)Cc2cccc(Cl)c2)CC1c1ccccc1. The number of amides is 1. The van der Waals surface area contributed by atoms with E-state index in [1.807, 2.05) is 35.2 Å². The molecule has 3 nitrogen and oxygen atoms in total. The number of piperazine rings is 1. The van der Waals surface area contributed by atoms with Gasteiger partial charge in [-0.15, -0.1) is 0 Å². The molecule has 1 heterocycles. The summed E-state index contributed by atoms with van der Waals surface area (Å²) < 4.78 is 0. The molecule has 2 aromatic rings. The van der Waals surface area contributed by atoms with Crippen molar-refractivity contribution in [3.05, 3.63) is 70.7 Å². The Balaban J connectivity index is 1.69. The Morgan fingerprint density at radius 1 is 1.13 bits per heavy atom. The minimum atomic E-state index is 0.168. The van der Waals surface area contributed by atoms with Gasteiger partial charge in [0.25, 0.3) is 0 Å². The Labute approximate surface area is 142 Å². The number of halogens is 1. The quantitative estimate of drug-likeness (QED) is 0.862. The van der Waals surface area contributed by atoms with Crippen LogP contribution < -0.4 is 0 Å². The van der Waals surface area contributed by atoms with Crippen LogP contribution in [0.2, 0.25) is 5.02 Å². The molecule has 1 aliphatic heterocycles. The Kier molecular flexibility index (Phi) is 4.99. The molecule has 1 fully saturated rings. The van der Waals surface area contributed by atoms with Crippen LogP contribution in [0.25, 0.3) is 0 Å². The molecule has 1 aliphatic rings. The molecule has 23 heavy (non-hydrogen) atoms. The highest BCUT2D eigenvalue weighted by Crippen LogP contribution is 2.24. The minimum Gasteiger partial charge on any atom is -0.339 e. The molecule has 1 amide bonds. The fourth-order valence-electron chi connectivity index (χ4n) is 3.07. The average molecular weight is 329 g/mol. The first-order valence-corrected chi connectivity index (χ1v) is 8.28. The van der Waals surface area contributed by atoms with Crippen LogP contribution in [0.4, 0.5) is 0 Å². The average Bonchev–Trinajstić information content (AvgIpc) is 2.56. The number of likely N-dealkylation sites (N-methyl/N-ethyl adjacent to an activating group) is 1. The molecule has 4 heteroatoms. The van der Waals surface area contributed by atoms with Gasteiger partial charge in [-0.2, -0.15) is 0 Å². The van der Waals surface area contributed by atoms with Gasteiger partial charge in [0.05, 0.1) is 12.5 Å². The van der Waals surface area contributed by atoms with Crippen molar-refractivity contribution >= 4 is 17.5 Å². The number of hydrogen-bond donors (Lipinski definition) is 0. The van der Waals surface area contributed by atoms with Crippen LogP contribution in [0.3, 0.4) is 0 Å². The van der Waals surface area contributed by atoms with Gasteiger partial charge in [-0.25, -0.2) is 0 Å². The predicted molar refractivity (Wildman–Crippen MR) is 93.5 cm³/mol. The Hall–Kier alpha value is -1.84. The second-order valence-corrected chi connectivity index (χ2v) is 6.49. The number of carbonyl (C=O) groups excluding carboxylic acids is 1. The van der Waals surface area contributed by atoms with Crippen molar-refractivity contribution < 1.29 is 4.79 Å². The second-order valence-electron chi connectivity index (χ2n) is 6.05. The van der Waals surface area contributed by atoms with Gasteiger partial charge in [-0.05, 0) is 30.3 Å². The molecule has 1 unspecified atom stereocenters. The lowest BCUT2D eigenvalue weighted by Gasteiger charge is -2.39. The first-order chi connectivity index (χ1) is 11.1. The van der Waals surface area contributed by atoms with E-state index in [-0.39, 0.29) is 11.9 Å². The molecular formula is C19H21ClN2O. The van der Waals surface area contributed by atoms with E-state index in [0.29, 0.717) is 11.4 Å². The van der Waals surface area contributed by atoms with Crippen molar-refractivity contribution in [1.82, 2.24) is 9.80 Å². The number of hydrogen-bond acceptors (Lipinski definition) is 2. The Bertz CT molecular complexity index is 674. The van der Waals surface area contributed by atoms with Crippen LogP contribution in [0.15, 0.2) is 54.6 Å². The van der Waals surface area contributed by atoms with Crippen molar-refractivity contribution in [1.29, 1.82) is 0 Å². The van der Waals surface area contributed by atoms with Gasteiger partial charge in [-0.3, -0.25) is 9.69 Å². The monoisotopic (exact) mass is 328 g/mol. The summed E-state index contributed by atoms with van der Waals surface area (Å²) in [5.41, 5.74) is 2.23. The van der Waals surface area contributed by atoms with Gasteiger partial charge >= 0.3 is 0 Å². The topological polar surface area (TPSA) is 23.6 Å². The standard InChI is InChI=1S/C19H21ClN2O/c1-21-10-11-22(14-18(21)16-7-3-2-4-8-16)19(23)13-15-6-5-9-17(20)12-15/h2-9,12,18H,10-11,13-14H2,1H3. The number of carbonyl (C=O) groups is 1. The molecule has 0 spiro atoms. The van der Waals surface area contributed by atoms with Crippen molar-refractivity contribution in [2.45, 2.75) is 12.5 Å². The summed E-state index contributed by atoms with van der Waals surface area (Å²) in [6, 6.07) is 18.2. The molecule has 1 atom stereocenters. The lowest BCUT2D eigenvalue weighted by Crippen LogP contribution is -2.49. The van der Waals surface area contributed by atoms with E-state index in [9.17, 15) is 4.79 Å². The summed E-state index contributed by atoms with van der Waals surface area (Å²) in [7, 11) is 2.12. The molecule has 0 radical (unpaired) electrons. The molecule has 0 N–H and O–H groups in total. The largest absolute Gasteiger partial charge is 0.339 e. The van der Waals surface area contributed by atoms with Crippen molar-refractivity contribution in [3.63, 3.8) is 0 Å².